The van der Waals surface area contributed by atoms with Gasteiger partial charge in [0.2, 0.25) is 5.95 Å². The van der Waals surface area contributed by atoms with E-state index in [1.54, 1.807) is 6.20 Å². The van der Waals surface area contributed by atoms with Crippen LogP contribution in [0.25, 0.3) is 0 Å². The SMILES string of the molecule is CCNc1ncc(Br)c(NCC2(SC)CC2)n1. The summed E-state index contributed by atoms with van der Waals surface area (Å²) in [4.78, 5) is 8.63. The fraction of sp³-hybridized carbons (Fsp3) is 0.636. The van der Waals surface area contributed by atoms with Crippen molar-refractivity contribution in [1.82, 2.24) is 9.97 Å². The van der Waals surface area contributed by atoms with E-state index in [0.717, 1.165) is 23.4 Å². The largest absolute Gasteiger partial charge is 0.368 e. The van der Waals surface area contributed by atoms with Crippen LogP contribution in [0.5, 0.6) is 0 Å². The lowest BCUT2D eigenvalue weighted by Crippen LogP contribution is -2.18. The molecular weight excluding hydrogens is 300 g/mol. The molecule has 94 valence electrons. The summed E-state index contributed by atoms with van der Waals surface area (Å²) >= 11 is 5.41. The van der Waals surface area contributed by atoms with Crippen LogP contribution in [0.3, 0.4) is 0 Å². The van der Waals surface area contributed by atoms with Gasteiger partial charge in [0, 0.05) is 24.0 Å². The molecule has 0 radical (unpaired) electrons. The van der Waals surface area contributed by atoms with Crippen molar-refractivity contribution in [3.8, 4) is 0 Å². The predicted molar refractivity (Wildman–Crippen MR) is 77.9 cm³/mol. The number of rotatable bonds is 6. The van der Waals surface area contributed by atoms with Gasteiger partial charge in [-0.25, -0.2) is 4.98 Å². The van der Waals surface area contributed by atoms with E-state index in [2.05, 4.69) is 42.8 Å². The molecule has 1 saturated carbocycles. The van der Waals surface area contributed by atoms with E-state index >= 15 is 0 Å². The van der Waals surface area contributed by atoms with Crippen molar-refractivity contribution in [3.63, 3.8) is 0 Å². The molecule has 2 rings (SSSR count). The maximum Gasteiger partial charge on any atom is 0.224 e. The van der Waals surface area contributed by atoms with Gasteiger partial charge >= 0.3 is 0 Å². The molecule has 0 unspecified atom stereocenters. The van der Waals surface area contributed by atoms with Crippen LogP contribution in [-0.2, 0) is 0 Å². The third kappa shape index (κ3) is 3.25. The van der Waals surface area contributed by atoms with E-state index in [4.69, 9.17) is 0 Å². The average Bonchev–Trinajstić information content (AvgIpc) is 3.11. The van der Waals surface area contributed by atoms with Crippen LogP contribution in [0.4, 0.5) is 11.8 Å². The molecule has 0 saturated heterocycles. The molecule has 0 aliphatic heterocycles. The van der Waals surface area contributed by atoms with Crippen LogP contribution in [0.1, 0.15) is 19.8 Å². The Bertz CT molecular complexity index is 395. The lowest BCUT2D eigenvalue weighted by atomic mass is 10.4. The molecule has 1 aliphatic rings. The molecule has 4 nitrogen and oxygen atoms in total. The van der Waals surface area contributed by atoms with E-state index in [0.29, 0.717) is 10.7 Å². The number of nitrogens with one attached hydrogen (secondary N) is 2. The van der Waals surface area contributed by atoms with Gasteiger partial charge in [-0.05, 0) is 42.0 Å². The monoisotopic (exact) mass is 316 g/mol. The van der Waals surface area contributed by atoms with Gasteiger partial charge in [0.25, 0.3) is 0 Å². The van der Waals surface area contributed by atoms with Crippen LogP contribution in [0.2, 0.25) is 0 Å². The highest BCUT2D eigenvalue weighted by Gasteiger charge is 2.41. The lowest BCUT2D eigenvalue weighted by molar-refractivity contribution is 0.934. The van der Waals surface area contributed by atoms with Crippen molar-refractivity contribution in [2.45, 2.75) is 24.5 Å². The first-order valence-corrected chi connectivity index (χ1v) is 7.76. The molecule has 0 amide bonds. The molecule has 6 heteroatoms. The second-order valence-electron chi connectivity index (χ2n) is 4.16. The Hall–Kier alpha value is -0.490. The van der Waals surface area contributed by atoms with Crippen molar-refractivity contribution < 1.29 is 0 Å². The van der Waals surface area contributed by atoms with Gasteiger partial charge in [-0.1, -0.05) is 0 Å². The first-order chi connectivity index (χ1) is 8.19. The minimum Gasteiger partial charge on any atom is -0.368 e. The molecule has 2 N–H and O–H groups in total. The Kier molecular flexibility index (Phi) is 4.14. The fourth-order valence-electron chi connectivity index (χ4n) is 1.57. The maximum absolute atomic E-state index is 4.44. The number of anilines is 2. The van der Waals surface area contributed by atoms with Crippen LogP contribution in [-0.4, -0.2) is 34.1 Å². The van der Waals surface area contributed by atoms with Gasteiger partial charge in [-0.3, -0.25) is 0 Å². The number of thioether (sulfide) groups is 1. The molecule has 1 aromatic rings. The maximum atomic E-state index is 4.44. The van der Waals surface area contributed by atoms with E-state index < -0.39 is 0 Å². The first kappa shape index (κ1) is 13.0. The van der Waals surface area contributed by atoms with Crippen molar-refractivity contribution in [3.05, 3.63) is 10.7 Å². The summed E-state index contributed by atoms with van der Waals surface area (Å²) in [6.45, 7) is 3.83. The second-order valence-corrected chi connectivity index (χ2v) is 6.29. The Labute approximate surface area is 115 Å². The van der Waals surface area contributed by atoms with E-state index in [-0.39, 0.29) is 0 Å². The first-order valence-electron chi connectivity index (χ1n) is 5.74. The van der Waals surface area contributed by atoms with Crippen molar-refractivity contribution in [2.75, 3.05) is 30.0 Å². The average molecular weight is 317 g/mol. The minimum absolute atomic E-state index is 0.433. The van der Waals surface area contributed by atoms with Crippen molar-refractivity contribution in [2.24, 2.45) is 0 Å². The third-order valence-corrected chi connectivity index (χ3v) is 4.90. The zero-order chi connectivity index (χ0) is 12.3. The summed E-state index contributed by atoms with van der Waals surface area (Å²) in [5, 5.41) is 6.52. The molecule has 17 heavy (non-hydrogen) atoms. The van der Waals surface area contributed by atoms with Gasteiger partial charge in [0.1, 0.15) is 5.82 Å². The lowest BCUT2D eigenvalue weighted by Gasteiger charge is -2.14. The molecule has 0 atom stereocenters. The summed E-state index contributed by atoms with van der Waals surface area (Å²) < 4.78 is 1.35. The fourth-order valence-corrected chi connectivity index (χ4v) is 2.63. The van der Waals surface area contributed by atoms with E-state index in [1.807, 2.05) is 18.7 Å². The quantitative estimate of drug-likeness (QED) is 0.845. The van der Waals surface area contributed by atoms with Gasteiger partial charge in [-0.2, -0.15) is 16.7 Å². The Balaban J connectivity index is 2.01. The predicted octanol–water partition coefficient (Wildman–Crippen LogP) is 2.98. The summed E-state index contributed by atoms with van der Waals surface area (Å²) in [6, 6.07) is 0. The standard InChI is InChI=1S/C11H17BrN4S/c1-3-13-10-14-6-8(12)9(16-10)15-7-11(17-2)4-5-11/h6H,3-5,7H2,1-2H3,(H2,13,14,15,16). The number of hydrogen-bond acceptors (Lipinski definition) is 5. The molecule has 0 spiro atoms. The molecule has 0 bridgehead atoms. The summed E-state index contributed by atoms with van der Waals surface area (Å²) in [5.41, 5.74) is 0. The van der Waals surface area contributed by atoms with Gasteiger partial charge < -0.3 is 10.6 Å². The summed E-state index contributed by atoms with van der Waals surface area (Å²) in [5.74, 6) is 1.54. The Morgan fingerprint density at radius 1 is 1.47 bits per heavy atom. The molecule has 1 fully saturated rings. The van der Waals surface area contributed by atoms with Crippen molar-refractivity contribution >= 4 is 39.5 Å². The Morgan fingerprint density at radius 3 is 2.82 bits per heavy atom. The zero-order valence-electron chi connectivity index (χ0n) is 10.1. The number of hydrogen-bond donors (Lipinski definition) is 2. The highest BCUT2D eigenvalue weighted by molar-refractivity contribution is 9.10. The molecule has 1 aliphatic carbocycles. The topological polar surface area (TPSA) is 49.8 Å². The molecule has 1 aromatic heterocycles. The van der Waals surface area contributed by atoms with Crippen LogP contribution >= 0.6 is 27.7 Å². The van der Waals surface area contributed by atoms with Gasteiger partial charge in [-0.15, -0.1) is 0 Å². The number of halogens is 1. The van der Waals surface area contributed by atoms with E-state index in [9.17, 15) is 0 Å². The van der Waals surface area contributed by atoms with Crippen LogP contribution in [0.15, 0.2) is 10.7 Å². The number of aromatic nitrogens is 2. The van der Waals surface area contributed by atoms with Gasteiger partial charge in [0.15, 0.2) is 0 Å². The number of nitrogens with zero attached hydrogens (tertiary/aromatic N) is 2. The van der Waals surface area contributed by atoms with Crippen LogP contribution in [0, 0.1) is 0 Å². The second kappa shape index (κ2) is 5.44. The Morgan fingerprint density at radius 2 is 2.24 bits per heavy atom. The molecular formula is C11H17BrN4S. The van der Waals surface area contributed by atoms with Gasteiger partial charge in [0.05, 0.1) is 4.47 Å². The zero-order valence-corrected chi connectivity index (χ0v) is 12.5. The van der Waals surface area contributed by atoms with Crippen LogP contribution < -0.4 is 10.6 Å². The highest BCUT2D eigenvalue weighted by Crippen LogP contribution is 2.47. The highest BCUT2D eigenvalue weighted by atomic mass is 79.9. The molecule has 0 aromatic carbocycles. The third-order valence-electron chi connectivity index (χ3n) is 2.90. The minimum atomic E-state index is 0.433. The smallest absolute Gasteiger partial charge is 0.224 e. The summed E-state index contributed by atoms with van der Waals surface area (Å²) in [7, 11) is 0. The molecule has 1 heterocycles. The summed E-state index contributed by atoms with van der Waals surface area (Å²) in [6.07, 6.45) is 6.55. The van der Waals surface area contributed by atoms with Crippen molar-refractivity contribution in [1.29, 1.82) is 0 Å². The van der Waals surface area contributed by atoms with E-state index in [1.165, 1.54) is 12.8 Å². The normalized spacial score (nSPS) is 16.6.